The fourth-order valence-electron chi connectivity index (χ4n) is 3.22. The van der Waals surface area contributed by atoms with Crippen LogP contribution >= 0.6 is 0 Å². The minimum Gasteiger partial charge on any atom is -0.465 e. The summed E-state index contributed by atoms with van der Waals surface area (Å²) in [6, 6.07) is 4.23. The van der Waals surface area contributed by atoms with Gasteiger partial charge in [-0.05, 0) is 46.1 Å². The van der Waals surface area contributed by atoms with Crippen molar-refractivity contribution in [1.29, 1.82) is 0 Å². The smallest absolute Gasteiger partial charge is 0.410 e. The van der Waals surface area contributed by atoms with E-state index in [0.717, 1.165) is 12.8 Å². The molecule has 1 heterocycles. The van der Waals surface area contributed by atoms with E-state index in [1.165, 1.54) is 25.3 Å². The zero-order valence-electron chi connectivity index (χ0n) is 16.7. The molecule has 0 spiro atoms. The highest BCUT2D eigenvalue weighted by molar-refractivity contribution is 5.98. The van der Waals surface area contributed by atoms with Gasteiger partial charge in [0.05, 0.1) is 17.6 Å². The fraction of sp³-hybridized carbons (Fsp3) is 0.579. The molecule has 0 aliphatic carbocycles. The lowest BCUT2D eigenvalue weighted by Crippen LogP contribution is -2.40. The van der Waals surface area contributed by atoms with Crippen molar-refractivity contribution in [3.05, 3.63) is 33.9 Å². The van der Waals surface area contributed by atoms with Gasteiger partial charge < -0.3 is 19.7 Å². The molecule has 0 bridgehead atoms. The lowest BCUT2D eigenvalue weighted by molar-refractivity contribution is -0.384. The van der Waals surface area contributed by atoms with Gasteiger partial charge in [-0.1, -0.05) is 6.07 Å². The predicted molar refractivity (Wildman–Crippen MR) is 104 cm³/mol. The Kier molecular flexibility index (Phi) is 6.82. The average Bonchev–Trinajstić information content (AvgIpc) is 3.08. The number of esters is 1. The molecule has 2 rings (SSSR count). The van der Waals surface area contributed by atoms with Crippen molar-refractivity contribution in [2.75, 3.05) is 25.5 Å². The second kappa shape index (κ2) is 8.90. The van der Waals surface area contributed by atoms with Gasteiger partial charge in [0, 0.05) is 25.2 Å². The topological polar surface area (TPSA) is 111 Å². The molecule has 1 unspecified atom stereocenters. The number of rotatable bonds is 6. The number of ether oxygens (including phenoxy) is 2. The van der Waals surface area contributed by atoms with Crippen molar-refractivity contribution in [3.63, 3.8) is 0 Å². The van der Waals surface area contributed by atoms with Crippen LogP contribution in [0.2, 0.25) is 0 Å². The SMILES string of the molecule is COC(=O)c1cccc([N+](=O)[O-])c1NCCC1CCCN1C(=O)OC(C)(C)C. The molecule has 1 aliphatic rings. The molecule has 0 saturated carbocycles. The molecule has 9 heteroatoms. The van der Waals surface area contributed by atoms with Crippen LogP contribution in [0.3, 0.4) is 0 Å². The number of benzene rings is 1. The number of para-hydroxylation sites is 1. The van der Waals surface area contributed by atoms with Crippen LogP contribution in [-0.2, 0) is 9.47 Å². The molecule has 1 aliphatic heterocycles. The Morgan fingerprint density at radius 3 is 2.68 bits per heavy atom. The van der Waals surface area contributed by atoms with Gasteiger partial charge in [-0.25, -0.2) is 9.59 Å². The van der Waals surface area contributed by atoms with Crippen LogP contribution in [0.25, 0.3) is 0 Å². The van der Waals surface area contributed by atoms with E-state index >= 15 is 0 Å². The van der Waals surface area contributed by atoms with Crippen LogP contribution < -0.4 is 5.32 Å². The van der Waals surface area contributed by atoms with Gasteiger partial charge in [-0.15, -0.1) is 0 Å². The van der Waals surface area contributed by atoms with Crippen LogP contribution in [0.15, 0.2) is 18.2 Å². The van der Waals surface area contributed by atoms with Crippen molar-refractivity contribution in [2.45, 2.75) is 51.7 Å². The first-order chi connectivity index (χ1) is 13.1. The highest BCUT2D eigenvalue weighted by Gasteiger charge is 2.32. The van der Waals surface area contributed by atoms with E-state index in [1.807, 2.05) is 20.8 Å². The summed E-state index contributed by atoms with van der Waals surface area (Å²) in [6.07, 6.45) is 1.94. The third-order valence-corrected chi connectivity index (χ3v) is 4.43. The van der Waals surface area contributed by atoms with Gasteiger partial charge in [0.25, 0.3) is 5.69 Å². The molecule has 1 aromatic carbocycles. The minimum atomic E-state index is -0.651. The van der Waals surface area contributed by atoms with E-state index in [0.29, 0.717) is 19.5 Å². The summed E-state index contributed by atoms with van der Waals surface area (Å²) in [7, 11) is 1.22. The molecule has 0 aromatic heterocycles. The summed E-state index contributed by atoms with van der Waals surface area (Å²) >= 11 is 0. The van der Waals surface area contributed by atoms with Gasteiger partial charge >= 0.3 is 12.1 Å². The average molecular weight is 393 g/mol. The third kappa shape index (κ3) is 5.34. The second-order valence-electron chi connectivity index (χ2n) is 7.63. The van der Waals surface area contributed by atoms with Crippen LogP contribution in [0.4, 0.5) is 16.2 Å². The molecule has 1 N–H and O–H groups in total. The Balaban J connectivity index is 2.07. The normalized spacial score (nSPS) is 16.6. The number of nitrogens with zero attached hydrogens (tertiary/aromatic N) is 2. The molecule has 9 nitrogen and oxygen atoms in total. The Labute approximate surface area is 164 Å². The number of hydrogen-bond acceptors (Lipinski definition) is 7. The number of nitro groups is 1. The molecule has 1 aromatic rings. The van der Waals surface area contributed by atoms with Crippen molar-refractivity contribution >= 4 is 23.4 Å². The summed E-state index contributed by atoms with van der Waals surface area (Å²) < 4.78 is 10.2. The molecular weight excluding hydrogens is 366 g/mol. The van der Waals surface area contributed by atoms with E-state index in [-0.39, 0.29) is 29.1 Å². The zero-order valence-corrected chi connectivity index (χ0v) is 16.7. The van der Waals surface area contributed by atoms with Crippen molar-refractivity contribution < 1.29 is 24.0 Å². The number of carbonyl (C=O) groups is 2. The molecule has 1 saturated heterocycles. The molecule has 28 heavy (non-hydrogen) atoms. The Morgan fingerprint density at radius 2 is 2.07 bits per heavy atom. The Morgan fingerprint density at radius 1 is 1.36 bits per heavy atom. The van der Waals surface area contributed by atoms with Crippen LogP contribution in [0.1, 0.15) is 50.4 Å². The lowest BCUT2D eigenvalue weighted by Gasteiger charge is -2.28. The highest BCUT2D eigenvalue weighted by Crippen LogP contribution is 2.29. The van der Waals surface area contributed by atoms with Gasteiger partial charge in [-0.3, -0.25) is 10.1 Å². The number of amides is 1. The third-order valence-electron chi connectivity index (χ3n) is 4.43. The van der Waals surface area contributed by atoms with Crippen LogP contribution in [0.5, 0.6) is 0 Å². The number of carbonyl (C=O) groups excluding carboxylic acids is 2. The number of methoxy groups -OCH3 is 1. The molecular formula is C19H27N3O6. The monoisotopic (exact) mass is 393 g/mol. The van der Waals surface area contributed by atoms with Gasteiger partial charge in [0.1, 0.15) is 11.3 Å². The predicted octanol–water partition coefficient (Wildman–Crippen LogP) is 3.58. The van der Waals surface area contributed by atoms with Crippen molar-refractivity contribution in [1.82, 2.24) is 4.90 Å². The van der Waals surface area contributed by atoms with E-state index in [1.54, 1.807) is 4.90 Å². The Bertz CT molecular complexity index is 744. The summed E-state index contributed by atoms with van der Waals surface area (Å²) in [6.45, 7) is 6.44. The van der Waals surface area contributed by atoms with Gasteiger partial charge in [-0.2, -0.15) is 0 Å². The van der Waals surface area contributed by atoms with Gasteiger partial charge in [0.2, 0.25) is 0 Å². The molecule has 1 amide bonds. The molecule has 1 fully saturated rings. The summed E-state index contributed by atoms with van der Waals surface area (Å²) in [4.78, 5) is 36.8. The highest BCUT2D eigenvalue weighted by atomic mass is 16.6. The molecule has 0 radical (unpaired) electrons. The molecule has 1 atom stereocenters. The van der Waals surface area contributed by atoms with Crippen LogP contribution in [-0.4, -0.2) is 53.7 Å². The molecule has 154 valence electrons. The first-order valence-corrected chi connectivity index (χ1v) is 9.23. The number of likely N-dealkylation sites (tertiary alicyclic amines) is 1. The number of anilines is 1. The first kappa shape index (κ1) is 21.5. The van der Waals surface area contributed by atoms with Gasteiger partial charge in [0.15, 0.2) is 0 Å². The number of hydrogen-bond donors (Lipinski definition) is 1. The van der Waals surface area contributed by atoms with Crippen LogP contribution in [0, 0.1) is 10.1 Å². The summed E-state index contributed by atoms with van der Waals surface area (Å²) in [5, 5.41) is 14.3. The first-order valence-electron chi connectivity index (χ1n) is 9.23. The number of nitrogens with one attached hydrogen (secondary N) is 1. The quantitative estimate of drug-likeness (QED) is 0.447. The van der Waals surface area contributed by atoms with E-state index in [4.69, 9.17) is 9.47 Å². The lowest BCUT2D eigenvalue weighted by atomic mass is 10.1. The van der Waals surface area contributed by atoms with Crippen molar-refractivity contribution in [3.8, 4) is 0 Å². The van der Waals surface area contributed by atoms with E-state index in [9.17, 15) is 19.7 Å². The second-order valence-corrected chi connectivity index (χ2v) is 7.63. The van der Waals surface area contributed by atoms with E-state index < -0.39 is 16.5 Å². The maximum absolute atomic E-state index is 12.4. The maximum Gasteiger partial charge on any atom is 0.410 e. The Hall–Kier alpha value is -2.84. The fourth-order valence-corrected chi connectivity index (χ4v) is 3.22. The maximum atomic E-state index is 12.4. The minimum absolute atomic E-state index is 0.0216. The van der Waals surface area contributed by atoms with Crippen molar-refractivity contribution in [2.24, 2.45) is 0 Å². The van der Waals surface area contributed by atoms with E-state index in [2.05, 4.69) is 5.32 Å². The summed E-state index contributed by atoms with van der Waals surface area (Å²) in [5.74, 6) is -0.651. The zero-order chi connectivity index (χ0) is 20.9. The number of nitro benzene ring substituents is 1. The largest absolute Gasteiger partial charge is 0.465 e. The summed E-state index contributed by atoms with van der Waals surface area (Å²) in [5.41, 5.74) is -0.533. The standard InChI is InChI=1S/C19H27N3O6/c1-19(2,3)28-18(24)21-12-6-7-13(21)10-11-20-16-14(17(23)27-4)8-5-9-15(16)22(25)26/h5,8-9,13,20H,6-7,10-12H2,1-4H3.